The van der Waals surface area contributed by atoms with E-state index in [9.17, 15) is 0 Å². The van der Waals surface area contributed by atoms with E-state index in [2.05, 4.69) is 25.8 Å². The summed E-state index contributed by atoms with van der Waals surface area (Å²) in [6, 6.07) is 7.95. The van der Waals surface area contributed by atoms with E-state index in [1.165, 1.54) is 12.8 Å². The smallest absolute Gasteiger partial charge is 0.122 e. The van der Waals surface area contributed by atoms with E-state index in [1.807, 2.05) is 24.3 Å². The number of likely N-dealkylation sites (N-methyl/N-ethyl adjacent to an activating group) is 1. The average Bonchev–Trinajstić information content (AvgIpc) is 2.40. The molecule has 1 aromatic carbocycles. The molecule has 0 unspecified atom stereocenters. The summed E-state index contributed by atoms with van der Waals surface area (Å²) in [5, 5.41) is 7.32. The molecule has 0 aliphatic carbocycles. The summed E-state index contributed by atoms with van der Waals surface area (Å²) in [7, 11) is 2.14. The van der Waals surface area contributed by atoms with Gasteiger partial charge in [-0.2, -0.15) is 0 Å². The Morgan fingerprint density at radius 2 is 1.84 bits per heavy atom. The van der Waals surface area contributed by atoms with Crippen LogP contribution in [0.2, 0.25) is 0 Å². The summed E-state index contributed by atoms with van der Waals surface area (Å²) in [4.78, 5) is 2.34. The van der Waals surface area contributed by atoms with Crippen molar-refractivity contribution in [2.75, 3.05) is 20.2 Å². The van der Waals surface area contributed by atoms with Crippen LogP contribution in [0.25, 0.3) is 0 Å². The predicted octanol–water partition coefficient (Wildman–Crippen LogP) is 2.47. The first-order valence-corrected chi connectivity index (χ1v) is 6.86. The van der Waals surface area contributed by atoms with Crippen molar-refractivity contribution in [2.45, 2.75) is 32.7 Å². The van der Waals surface area contributed by atoms with Crippen molar-refractivity contribution < 1.29 is 4.74 Å². The maximum atomic E-state index is 7.32. The highest BCUT2D eigenvalue weighted by Crippen LogP contribution is 2.12. The van der Waals surface area contributed by atoms with Crippen LogP contribution in [0, 0.1) is 5.41 Å². The Morgan fingerprint density at radius 1 is 1.26 bits per heavy atom. The molecule has 0 bridgehead atoms. The predicted molar refractivity (Wildman–Crippen MR) is 80.0 cm³/mol. The molecule has 0 aromatic heterocycles. The average molecular weight is 263 g/mol. The van der Waals surface area contributed by atoms with Crippen molar-refractivity contribution in [3.8, 4) is 5.75 Å². The van der Waals surface area contributed by atoms with Gasteiger partial charge >= 0.3 is 0 Å². The van der Waals surface area contributed by atoms with Crippen molar-refractivity contribution in [2.24, 2.45) is 5.73 Å². The minimum absolute atomic E-state index is 0.0833. The molecule has 0 amide bonds. The Kier molecular flexibility index (Phi) is 6.36. The van der Waals surface area contributed by atoms with Crippen LogP contribution in [0.1, 0.15) is 32.3 Å². The molecular formula is C15H25N3O. The number of rotatable bonds is 8. The lowest BCUT2D eigenvalue weighted by Crippen LogP contribution is -2.33. The molecule has 19 heavy (non-hydrogen) atoms. The topological polar surface area (TPSA) is 62.3 Å². The van der Waals surface area contributed by atoms with E-state index < -0.39 is 0 Å². The van der Waals surface area contributed by atoms with Gasteiger partial charge in [0.2, 0.25) is 0 Å². The number of benzene rings is 1. The summed E-state index contributed by atoms with van der Waals surface area (Å²) in [6.45, 7) is 6.02. The second-order valence-corrected chi connectivity index (χ2v) is 4.74. The van der Waals surface area contributed by atoms with Gasteiger partial charge < -0.3 is 15.4 Å². The third-order valence-corrected chi connectivity index (χ3v) is 3.44. The Bertz CT molecular complexity index is 385. The van der Waals surface area contributed by atoms with Gasteiger partial charge in [-0.05, 0) is 44.2 Å². The van der Waals surface area contributed by atoms with E-state index >= 15 is 0 Å². The van der Waals surface area contributed by atoms with Crippen LogP contribution in [0.4, 0.5) is 0 Å². The molecule has 0 atom stereocenters. The summed E-state index contributed by atoms with van der Waals surface area (Å²) < 4.78 is 5.70. The fraction of sp³-hybridized carbons (Fsp3) is 0.533. The monoisotopic (exact) mass is 263 g/mol. The fourth-order valence-electron chi connectivity index (χ4n) is 2.13. The van der Waals surface area contributed by atoms with Gasteiger partial charge in [0, 0.05) is 18.2 Å². The van der Waals surface area contributed by atoms with Gasteiger partial charge in [-0.1, -0.05) is 13.8 Å². The fourth-order valence-corrected chi connectivity index (χ4v) is 2.13. The standard InChI is InChI=1S/C15H25N3O/c1-4-13(5-2)18(3)10-11-19-14-8-6-12(7-9-14)15(16)17/h6-9,13H,4-5,10-11H2,1-3H3,(H3,16,17). The van der Waals surface area contributed by atoms with Gasteiger partial charge in [-0.25, -0.2) is 0 Å². The Morgan fingerprint density at radius 3 is 2.32 bits per heavy atom. The lowest BCUT2D eigenvalue weighted by molar-refractivity contribution is 0.183. The molecule has 4 heteroatoms. The zero-order valence-corrected chi connectivity index (χ0v) is 12.1. The molecule has 0 spiro atoms. The van der Waals surface area contributed by atoms with E-state index in [4.69, 9.17) is 15.9 Å². The Labute approximate surface area is 116 Å². The Balaban J connectivity index is 2.38. The number of nitrogens with two attached hydrogens (primary N) is 1. The summed E-state index contributed by atoms with van der Waals surface area (Å²) in [6.07, 6.45) is 2.33. The molecule has 0 saturated carbocycles. The van der Waals surface area contributed by atoms with E-state index in [0.717, 1.165) is 17.9 Å². The molecule has 106 valence electrons. The number of hydrogen-bond acceptors (Lipinski definition) is 3. The zero-order chi connectivity index (χ0) is 14.3. The molecule has 0 aliphatic rings. The van der Waals surface area contributed by atoms with Crippen LogP contribution < -0.4 is 10.5 Å². The van der Waals surface area contributed by atoms with E-state index in [0.29, 0.717) is 12.6 Å². The van der Waals surface area contributed by atoms with Crippen molar-refractivity contribution in [1.82, 2.24) is 4.90 Å². The van der Waals surface area contributed by atoms with Gasteiger partial charge in [0.1, 0.15) is 18.2 Å². The van der Waals surface area contributed by atoms with Gasteiger partial charge in [0.05, 0.1) is 0 Å². The molecule has 1 rings (SSSR count). The minimum Gasteiger partial charge on any atom is -0.492 e. The van der Waals surface area contributed by atoms with Gasteiger partial charge in [0.25, 0.3) is 0 Å². The lowest BCUT2D eigenvalue weighted by atomic mass is 10.1. The first kappa shape index (κ1) is 15.5. The van der Waals surface area contributed by atoms with Crippen LogP contribution in [0.5, 0.6) is 5.75 Å². The Hall–Kier alpha value is -1.55. The summed E-state index contributed by atoms with van der Waals surface area (Å²) >= 11 is 0. The molecule has 4 nitrogen and oxygen atoms in total. The van der Waals surface area contributed by atoms with Gasteiger partial charge in [-0.15, -0.1) is 0 Å². The number of hydrogen-bond donors (Lipinski definition) is 2. The summed E-state index contributed by atoms with van der Waals surface area (Å²) in [5.41, 5.74) is 6.13. The third-order valence-electron chi connectivity index (χ3n) is 3.44. The maximum Gasteiger partial charge on any atom is 0.122 e. The van der Waals surface area contributed by atoms with Gasteiger partial charge in [-0.3, -0.25) is 5.41 Å². The largest absolute Gasteiger partial charge is 0.492 e. The number of nitrogens with one attached hydrogen (secondary N) is 1. The number of amidine groups is 1. The molecule has 3 N–H and O–H groups in total. The van der Waals surface area contributed by atoms with E-state index in [1.54, 1.807) is 0 Å². The van der Waals surface area contributed by atoms with Crippen LogP contribution in [-0.4, -0.2) is 37.0 Å². The SMILES string of the molecule is CCC(CC)N(C)CCOc1ccc(C(=N)N)cc1. The molecule has 0 fully saturated rings. The molecule has 0 saturated heterocycles. The number of nitrogens with zero attached hydrogens (tertiary/aromatic N) is 1. The molecular weight excluding hydrogens is 238 g/mol. The normalized spacial score (nSPS) is 11.0. The molecule has 1 aromatic rings. The van der Waals surface area contributed by atoms with Crippen LogP contribution in [0.3, 0.4) is 0 Å². The molecule has 0 radical (unpaired) electrons. The number of ether oxygens (including phenoxy) is 1. The van der Waals surface area contributed by atoms with Crippen LogP contribution in [-0.2, 0) is 0 Å². The second kappa shape index (κ2) is 7.79. The quantitative estimate of drug-likeness (QED) is 0.559. The molecule has 0 heterocycles. The summed E-state index contributed by atoms with van der Waals surface area (Å²) in [5.74, 6) is 0.906. The highest BCUT2D eigenvalue weighted by atomic mass is 16.5. The molecule has 0 aliphatic heterocycles. The van der Waals surface area contributed by atoms with Crippen molar-refractivity contribution in [3.63, 3.8) is 0 Å². The first-order chi connectivity index (χ1) is 9.08. The minimum atomic E-state index is 0.0833. The van der Waals surface area contributed by atoms with Crippen molar-refractivity contribution >= 4 is 5.84 Å². The highest BCUT2D eigenvalue weighted by Gasteiger charge is 2.09. The van der Waals surface area contributed by atoms with Crippen LogP contribution >= 0.6 is 0 Å². The first-order valence-electron chi connectivity index (χ1n) is 6.86. The van der Waals surface area contributed by atoms with Gasteiger partial charge in [0.15, 0.2) is 0 Å². The van der Waals surface area contributed by atoms with E-state index in [-0.39, 0.29) is 5.84 Å². The van der Waals surface area contributed by atoms with Crippen molar-refractivity contribution in [3.05, 3.63) is 29.8 Å². The maximum absolute atomic E-state index is 7.32. The third kappa shape index (κ3) is 4.91. The lowest BCUT2D eigenvalue weighted by Gasteiger charge is -2.25. The zero-order valence-electron chi connectivity index (χ0n) is 12.1. The van der Waals surface area contributed by atoms with Crippen LogP contribution in [0.15, 0.2) is 24.3 Å². The number of nitrogen functional groups attached to an aromatic ring is 1. The highest BCUT2D eigenvalue weighted by molar-refractivity contribution is 5.94. The van der Waals surface area contributed by atoms with Crippen molar-refractivity contribution in [1.29, 1.82) is 5.41 Å². The second-order valence-electron chi connectivity index (χ2n) is 4.74.